The Kier molecular flexibility index (Phi) is 6.40. The van der Waals surface area contributed by atoms with Crippen LogP contribution >= 0.6 is 11.6 Å². The van der Waals surface area contributed by atoms with Crippen LogP contribution in [0.15, 0.2) is 48.8 Å². The summed E-state index contributed by atoms with van der Waals surface area (Å²) in [5, 5.41) is 3.80. The monoisotopic (exact) mass is 441 g/mol. The van der Waals surface area contributed by atoms with Crippen molar-refractivity contribution in [3.05, 3.63) is 76.5 Å². The van der Waals surface area contributed by atoms with Crippen LogP contribution in [-0.2, 0) is 22.1 Å². The van der Waals surface area contributed by atoms with E-state index >= 15 is 0 Å². The Balaban J connectivity index is 2.01. The zero-order valence-electron chi connectivity index (χ0n) is 15.7. The Bertz CT molecular complexity index is 1040. The molecule has 0 spiro atoms. The zero-order chi connectivity index (χ0) is 21.9. The highest BCUT2D eigenvalue weighted by atomic mass is 35.5. The first-order valence-electron chi connectivity index (χ1n) is 8.88. The van der Waals surface area contributed by atoms with Crippen molar-refractivity contribution in [2.45, 2.75) is 25.4 Å². The first-order chi connectivity index (χ1) is 14.2. The van der Waals surface area contributed by atoms with Crippen LogP contribution in [-0.4, -0.2) is 27.3 Å². The molecule has 0 N–H and O–H groups in total. The second-order valence-corrected chi connectivity index (χ2v) is 6.74. The lowest BCUT2D eigenvalue weighted by Crippen LogP contribution is -2.22. The number of benzene rings is 1. The summed E-state index contributed by atoms with van der Waals surface area (Å²) in [4.78, 5) is 16.4. The van der Waals surface area contributed by atoms with Crippen molar-refractivity contribution in [2.24, 2.45) is 0 Å². The summed E-state index contributed by atoms with van der Waals surface area (Å²) in [6, 6.07) is 7.87. The molecule has 3 aromatic rings. The molecule has 0 aliphatic carbocycles. The fraction of sp³-hybridized carbons (Fsp3) is 0.250. The minimum atomic E-state index is -4.60. The maximum atomic E-state index is 13.2. The summed E-state index contributed by atoms with van der Waals surface area (Å²) in [5.41, 5.74) is -0.0150. The van der Waals surface area contributed by atoms with Crippen LogP contribution in [0.2, 0.25) is 5.02 Å². The largest absolute Gasteiger partial charge is 0.465 e. The predicted octanol–water partition coefficient (Wildman–Crippen LogP) is 4.97. The fourth-order valence-electron chi connectivity index (χ4n) is 2.90. The van der Waals surface area contributed by atoms with Gasteiger partial charge in [-0.2, -0.15) is 18.3 Å². The molecule has 1 atom stereocenters. The number of pyridine rings is 1. The molecular weight excluding hydrogens is 426 g/mol. The van der Waals surface area contributed by atoms with Crippen molar-refractivity contribution < 1.29 is 27.1 Å². The van der Waals surface area contributed by atoms with Crippen molar-refractivity contribution in [3.63, 3.8) is 0 Å². The molecule has 30 heavy (non-hydrogen) atoms. The van der Waals surface area contributed by atoms with Gasteiger partial charge >= 0.3 is 12.1 Å². The molecule has 0 amide bonds. The molecule has 0 saturated carbocycles. The highest BCUT2D eigenvalue weighted by Gasteiger charge is 2.33. The molecule has 158 valence electrons. The number of esters is 1. The molecule has 2 aromatic heterocycles. The van der Waals surface area contributed by atoms with Crippen molar-refractivity contribution in [1.82, 2.24) is 14.8 Å². The summed E-state index contributed by atoms with van der Waals surface area (Å²) in [6.45, 7) is 1.78. The van der Waals surface area contributed by atoms with Gasteiger partial charge in [0.25, 0.3) is 0 Å². The first-order valence-corrected chi connectivity index (χ1v) is 9.26. The number of rotatable bonds is 6. The molecular formula is C20H16ClF4N3O2. The number of aromatic nitrogens is 3. The lowest BCUT2D eigenvalue weighted by Gasteiger charge is -2.18. The number of carbonyl (C=O) groups is 1. The molecule has 0 aliphatic rings. The second kappa shape index (κ2) is 8.83. The van der Waals surface area contributed by atoms with Crippen LogP contribution < -0.4 is 0 Å². The molecule has 3 rings (SSSR count). The molecule has 0 saturated heterocycles. The Morgan fingerprint density at radius 2 is 1.93 bits per heavy atom. The van der Waals surface area contributed by atoms with Crippen LogP contribution in [0.1, 0.15) is 29.7 Å². The van der Waals surface area contributed by atoms with Crippen LogP contribution in [0.4, 0.5) is 17.6 Å². The maximum Gasteiger partial charge on any atom is 0.417 e. The van der Waals surface area contributed by atoms with Gasteiger partial charge < -0.3 is 4.74 Å². The van der Waals surface area contributed by atoms with Gasteiger partial charge in [0.1, 0.15) is 11.7 Å². The van der Waals surface area contributed by atoms with E-state index in [1.807, 2.05) is 0 Å². The smallest absolute Gasteiger partial charge is 0.417 e. The number of carbonyl (C=O) groups excluding carboxylic acids is 1. The van der Waals surface area contributed by atoms with Crippen molar-refractivity contribution in [1.29, 1.82) is 0 Å². The van der Waals surface area contributed by atoms with Crippen molar-refractivity contribution in [3.8, 4) is 5.82 Å². The number of alkyl halides is 3. The van der Waals surface area contributed by atoms with Crippen LogP contribution in [0.5, 0.6) is 0 Å². The Labute approximate surface area is 174 Å². The van der Waals surface area contributed by atoms with Gasteiger partial charge in [-0.1, -0.05) is 23.7 Å². The minimum absolute atomic E-state index is 0.0573. The molecule has 0 bridgehead atoms. The number of ether oxygens (including phenoxy) is 1. The number of hydrogen-bond acceptors (Lipinski definition) is 4. The number of halogens is 5. The van der Waals surface area contributed by atoms with E-state index in [1.165, 1.54) is 41.2 Å². The molecule has 0 unspecified atom stereocenters. The lowest BCUT2D eigenvalue weighted by atomic mass is 9.96. The predicted molar refractivity (Wildman–Crippen MR) is 101 cm³/mol. The molecule has 5 nitrogen and oxygen atoms in total. The average Bonchev–Trinajstić information content (AvgIpc) is 3.16. The fourth-order valence-corrected chi connectivity index (χ4v) is 3.15. The average molecular weight is 442 g/mol. The van der Waals surface area contributed by atoms with Gasteiger partial charge in [0, 0.05) is 12.4 Å². The molecule has 1 aromatic carbocycles. The standard InChI is InChI=1S/C20H16ClF4N3O2/c1-2-30-19(29)15(9-12-3-5-14(22)6-4-12)17-7-8-27-28(17)18-16(21)10-13(11-26-18)20(23,24)25/h3-8,10-11,15H,2,9H2,1H3/t15-/m1/s1. The summed E-state index contributed by atoms with van der Waals surface area (Å²) < 4.78 is 58.3. The van der Waals surface area contributed by atoms with Crippen LogP contribution in [0.25, 0.3) is 5.82 Å². The highest BCUT2D eigenvalue weighted by Crippen LogP contribution is 2.33. The summed E-state index contributed by atoms with van der Waals surface area (Å²) in [5.74, 6) is -1.90. The Hall–Kier alpha value is -2.94. The maximum absolute atomic E-state index is 13.2. The number of nitrogens with zero attached hydrogens (tertiary/aromatic N) is 3. The molecule has 0 radical (unpaired) electrons. The Morgan fingerprint density at radius 3 is 2.53 bits per heavy atom. The van der Waals surface area contributed by atoms with E-state index < -0.39 is 29.4 Å². The summed E-state index contributed by atoms with van der Waals surface area (Å²) in [6.07, 6.45) is -2.42. The SMILES string of the molecule is CCOC(=O)[C@H](Cc1ccc(F)cc1)c1ccnn1-c1ncc(C(F)(F)F)cc1Cl. The van der Waals surface area contributed by atoms with Gasteiger partial charge in [-0.3, -0.25) is 4.79 Å². The third kappa shape index (κ3) is 4.79. The molecule has 2 heterocycles. The van der Waals surface area contributed by atoms with Crippen LogP contribution in [0.3, 0.4) is 0 Å². The second-order valence-electron chi connectivity index (χ2n) is 6.33. The Morgan fingerprint density at radius 1 is 1.23 bits per heavy atom. The zero-order valence-corrected chi connectivity index (χ0v) is 16.4. The van der Waals surface area contributed by atoms with Crippen molar-refractivity contribution >= 4 is 17.6 Å². The van der Waals surface area contributed by atoms with E-state index in [4.69, 9.17) is 16.3 Å². The van der Waals surface area contributed by atoms with Gasteiger partial charge in [0.05, 0.1) is 22.9 Å². The topological polar surface area (TPSA) is 57.0 Å². The summed E-state index contributed by atoms with van der Waals surface area (Å²) in [7, 11) is 0. The van der Waals surface area contributed by atoms with E-state index in [1.54, 1.807) is 6.92 Å². The quantitative estimate of drug-likeness (QED) is 0.400. The normalized spacial score (nSPS) is 12.6. The first kappa shape index (κ1) is 21.8. The third-order valence-electron chi connectivity index (χ3n) is 4.30. The van der Waals surface area contributed by atoms with Crippen LogP contribution in [0, 0.1) is 5.82 Å². The van der Waals surface area contributed by atoms with E-state index in [2.05, 4.69) is 10.1 Å². The van der Waals surface area contributed by atoms with Gasteiger partial charge in [-0.15, -0.1) is 0 Å². The molecule has 10 heteroatoms. The van der Waals surface area contributed by atoms with Gasteiger partial charge in [0.2, 0.25) is 0 Å². The van der Waals surface area contributed by atoms with E-state index in [0.29, 0.717) is 17.5 Å². The van der Waals surface area contributed by atoms with E-state index in [0.717, 1.165) is 6.07 Å². The highest BCUT2D eigenvalue weighted by molar-refractivity contribution is 6.32. The van der Waals surface area contributed by atoms with Gasteiger partial charge in [0.15, 0.2) is 5.82 Å². The third-order valence-corrected chi connectivity index (χ3v) is 4.58. The molecule has 0 aliphatic heterocycles. The minimum Gasteiger partial charge on any atom is -0.465 e. The van der Waals surface area contributed by atoms with E-state index in [-0.39, 0.29) is 23.9 Å². The summed E-state index contributed by atoms with van der Waals surface area (Å²) >= 11 is 6.04. The van der Waals surface area contributed by atoms with Gasteiger partial charge in [-0.05, 0) is 43.2 Å². The van der Waals surface area contributed by atoms with E-state index in [9.17, 15) is 22.4 Å². The molecule has 0 fully saturated rings. The lowest BCUT2D eigenvalue weighted by molar-refractivity contribution is -0.145. The number of hydrogen-bond donors (Lipinski definition) is 0. The van der Waals surface area contributed by atoms with Gasteiger partial charge in [-0.25, -0.2) is 14.1 Å². The van der Waals surface area contributed by atoms with Crippen molar-refractivity contribution in [2.75, 3.05) is 6.61 Å².